The highest BCUT2D eigenvalue weighted by Gasteiger charge is 2.12. The van der Waals surface area contributed by atoms with Gasteiger partial charge in [-0.1, -0.05) is 6.07 Å². The van der Waals surface area contributed by atoms with Crippen molar-refractivity contribution in [3.05, 3.63) is 24.4 Å². The molecule has 0 aliphatic carbocycles. The van der Waals surface area contributed by atoms with E-state index in [0.717, 1.165) is 24.5 Å². The van der Waals surface area contributed by atoms with E-state index in [1.165, 1.54) is 30.5 Å². The van der Waals surface area contributed by atoms with Gasteiger partial charge in [0, 0.05) is 17.6 Å². The molecule has 3 N–H and O–H groups in total. The molecule has 0 amide bonds. The highest BCUT2D eigenvalue weighted by Crippen LogP contribution is 2.21. The molecule has 17 heavy (non-hydrogen) atoms. The fraction of sp³-hybridized carbons (Fsp3) is 0.462. The lowest BCUT2D eigenvalue weighted by Gasteiger charge is -2.23. The molecule has 1 unspecified atom stereocenters. The van der Waals surface area contributed by atoms with Crippen LogP contribution < -0.4 is 10.6 Å². The Labute approximate surface area is 101 Å². The first kappa shape index (κ1) is 10.6. The summed E-state index contributed by atoms with van der Waals surface area (Å²) in [4.78, 5) is 0. The molecule has 4 heteroatoms. The molecule has 2 aromatic rings. The summed E-state index contributed by atoms with van der Waals surface area (Å²) in [5.41, 5.74) is 2.28. The average molecular weight is 230 g/mol. The van der Waals surface area contributed by atoms with Crippen LogP contribution in [0.2, 0.25) is 0 Å². The quantitative estimate of drug-likeness (QED) is 0.755. The molecule has 0 spiro atoms. The highest BCUT2D eigenvalue weighted by molar-refractivity contribution is 5.90. The molecule has 90 valence electrons. The minimum absolute atomic E-state index is 0.742. The summed E-state index contributed by atoms with van der Waals surface area (Å²) in [6.45, 7) is 3.35. The van der Waals surface area contributed by atoms with Crippen LogP contribution in [0.5, 0.6) is 0 Å². The monoisotopic (exact) mass is 230 g/mol. The van der Waals surface area contributed by atoms with E-state index in [1.807, 2.05) is 6.20 Å². The summed E-state index contributed by atoms with van der Waals surface area (Å²) >= 11 is 0. The molecular formula is C13H18N4. The van der Waals surface area contributed by atoms with Crippen LogP contribution in [-0.2, 0) is 0 Å². The van der Waals surface area contributed by atoms with Crippen molar-refractivity contribution in [2.75, 3.05) is 25.0 Å². The normalized spacial score (nSPS) is 20.6. The van der Waals surface area contributed by atoms with Crippen molar-refractivity contribution in [1.82, 2.24) is 15.5 Å². The SMILES string of the molecule is c1cc(NCC2CCCNC2)c2cn[nH]c2c1. The summed E-state index contributed by atoms with van der Waals surface area (Å²) < 4.78 is 0. The van der Waals surface area contributed by atoms with Crippen LogP contribution in [0.4, 0.5) is 5.69 Å². The van der Waals surface area contributed by atoms with Gasteiger partial charge < -0.3 is 10.6 Å². The number of aromatic amines is 1. The molecular weight excluding hydrogens is 212 g/mol. The van der Waals surface area contributed by atoms with Gasteiger partial charge in [0.2, 0.25) is 0 Å². The molecule has 1 aliphatic heterocycles. The number of piperidine rings is 1. The van der Waals surface area contributed by atoms with E-state index in [-0.39, 0.29) is 0 Å². The Morgan fingerprint density at radius 2 is 2.41 bits per heavy atom. The molecule has 1 saturated heterocycles. The Hall–Kier alpha value is -1.55. The average Bonchev–Trinajstić information content (AvgIpc) is 2.86. The Morgan fingerprint density at radius 3 is 3.29 bits per heavy atom. The molecule has 0 bridgehead atoms. The molecule has 3 rings (SSSR count). The lowest BCUT2D eigenvalue weighted by atomic mass is 9.99. The lowest BCUT2D eigenvalue weighted by Crippen LogP contribution is -2.33. The van der Waals surface area contributed by atoms with Gasteiger partial charge >= 0.3 is 0 Å². The number of benzene rings is 1. The maximum atomic E-state index is 4.08. The number of hydrogen-bond acceptors (Lipinski definition) is 3. The zero-order valence-corrected chi connectivity index (χ0v) is 9.87. The zero-order chi connectivity index (χ0) is 11.5. The predicted octanol–water partition coefficient (Wildman–Crippen LogP) is 1.97. The summed E-state index contributed by atoms with van der Waals surface area (Å²) in [7, 11) is 0. The summed E-state index contributed by atoms with van der Waals surface area (Å²) in [6, 6.07) is 6.23. The highest BCUT2D eigenvalue weighted by atomic mass is 15.1. The van der Waals surface area contributed by atoms with Crippen molar-refractivity contribution in [2.45, 2.75) is 12.8 Å². The van der Waals surface area contributed by atoms with Crippen LogP contribution in [-0.4, -0.2) is 29.8 Å². The standard InChI is InChI=1S/C13H18N4/c1-4-12(11-9-16-17-13(11)5-1)15-8-10-3-2-6-14-7-10/h1,4-5,9-10,14-15H,2-3,6-8H2,(H,16,17). The summed E-state index contributed by atoms with van der Waals surface area (Å²) in [5, 5.41) is 15.2. The third-order valence-electron chi connectivity index (χ3n) is 3.46. The first-order valence-electron chi connectivity index (χ1n) is 6.30. The van der Waals surface area contributed by atoms with Gasteiger partial charge in [0.15, 0.2) is 0 Å². The first-order valence-corrected chi connectivity index (χ1v) is 6.30. The number of fused-ring (bicyclic) bond motifs is 1. The van der Waals surface area contributed by atoms with Crippen LogP contribution in [0.25, 0.3) is 10.9 Å². The number of rotatable bonds is 3. The maximum absolute atomic E-state index is 4.08. The number of aromatic nitrogens is 2. The second kappa shape index (κ2) is 4.75. The minimum Gasteiger partial charge on any atom is -0.384 e. The van der Waals surface area contributed by atoms with Crippen molar-refractivity contribution in [3.8, 4) is 0 Å². The van der Waals surface area contributed by atoms with Crippen LogP contribution in [0.3, 0.4) is 0 Å². The zero-order valence-electron chi connectivity index (χ0n) is 9.87. The Bertz CT molecular complexity index is 485. The van der Waals surface area contributed by atoms with Gasteiger partial charge in [-0.25, -0.2) is 0 Å². The second-order valence-electron chi connectivity index (χ2n) is 4.73. The number of nitrogens with zero attached hydrogens (tertiary/aromatic N) is 1. The molecule has 1 atom stereocenters. The number of hydrogen-bond donors (Lipinski definition) is 3. The van der Waals surface area contributed by atoms with Gasteiger partial charge in [0.1, 0.15) is 0 Å². The molecule has 0 radical (unpaired) electrons. The summed E-state index contributed by atoms with van der Waals surface area (Å²) in [5.74, 6) is 0.742. The fourth-order valence-corrected chi connectivity index (χ4v) is 2.47. The van der Waals surface area contributed by atoms with Gasteiger partial charge in [-0.15, -0.1) is 0 Å². The van der Waals surface area contributed by atoms with Crippen LogP contribution in [0, 0.1) is 5.92 Å². The van der Waals surface area contributed by atoms with Gasteiger partial charge in [0.25, 0.3) is 0 Å². The Balaban J connectivity index is 1.69. The lowest BCUT2D eigenvalue weighted by molar-refractivity contribution is 0.393. The van der Waals surface area contributed by atoms with Gasteiger partial charge in [-0.05, 0) is 44.0 Å². The molecule has 1 aromatic heterocycles. The van der Waals surface area contributed by atoms with Crippen LogP contribution >= 0.6 is 0 Å². The van der Waals surface area contributed by atoms with Crippen LogP contribution in [0.1, 0.15) is 12.8 Å². The third-order valence-corrected chi connectivity index (χ3v) is 3.46. The van der Waals surface area contributed by atoms with E-state index in [9.17, 15) is 0 Å². The van der Waals surface area contributed by atoms with Crippen LogP contribution in [0.15, 0.2) is 24.4 Å². The Kier molecular flexibility index (Phi) is 2.96. The molecule has 2 heterocycles. The van der Waals surface area contributed by atoms with E-state index in [0.29, 0.717) is 0 Å². The van der Waals surface area contributed by atoms with Crippen molar-refractivity contribution in [2.24, 2.45) is 5.92 Å². The van der Waals surface area contributed by atoms with Crippen molar-refractivity contribution in [1.29, 1.82) is 0 Å². The minimum atomic E-state index is 0.742. The first-order chi connectivity index (χ1) is 8.43. The summed E-state index contributed by atoms with van der Waals surface area (Å²) in [6.07, 6.45) is 4.50. The Morgan fingerprint density at radius 1 is 1.41 bits per heavy atom. The van der Waals surface area contributed by atoms with E-state index in [2.05, 4.69) is 39.0 Å². The van der Waals surface area contributed by atoms with Gasteiger partial charge in [0.05, 0.1) is 11.7 Å². The number of H-pyrrole nitrogens is 1. The maximum Gasteiger partial charge on any atom is 0.0671 e. The van der Waals surface area contributed by atoms with Gasteiger partial charge in [-0.3, -0.25) is 5.10 Å². The third kappa shape index (κ3) is 2.26. The van der Waals surface area contributed by atoms with E-state index in [1.54, 1.807) is 0 Å². The van der Waals surface area contributed by atoms with E-state index in [4.69, 9.17) is 0 Å². The fourth-order valence-electron chi connectivity index (χ4n) is 2.47. The number of anilines is 1. The van der Waals surface area contributed by atoms with Crippen molar-refractivity contribution in [3.63, 3.8) is 0 Å². The van der Waals surface area contributed by atoms with Crippen molar-refractivity contribution >= 4 is 16.6 Å². The predicted molar refractivity (Wildman–Crippen MR) is 70.2 cm³/mol. The molecule has 1 aliphatic rings. The topological polar surface area (TPSA) is 52.7 Å². The molecule has 0 saturated carbocycles. The van der Waals surface area contributed by atoms with E-state index < -0.39 is 0 Å². The van der Waals surface area contributed by atoms with Crippen molar-refractivity contribution < 1.29 is 0 Å². The molecule has 1 fully saturated rings. The smallest absolute Gasteiger partial charge is 0.0671 e. The molecule has 4 nitrogen and oxygen atoms in total. The second-order valence-corrected chi connectivity index (χ2v) is 4.73. The van der Waals surface area contributed by atoms with Gasteiger partial charge in [-0.2, -0.15) is 5.10 Å². The number of nitrogens with one attached hydrogen (secondary N) is 3. The molecule has 1 aromatic carbocycles. The largest absolute Gasteiger partial charge is 0.384 e. The van der Waals surface area contributed by atoms with E-state index >= 15 is 0 Å².